The number of benzene rings is 1. The number of methoxy groups -OCH3 is 1. The van der Waals surface area contributed by atoms with Crippen LogP contribution in [-0.4, -0.2) is 65.0 Å². The van der Waals surface area contributed by atoms with Gasteiger partial charge in [-0.05, 0) is 37.5 Å². The van der Waals surface area contributed by atoms with Crippen molar-refractivity contribution < 1.29 is 14.3 Å². The first-order valence-electron chi connectivity index (χ1n) is 9.78. The number of piperidine rings is 1. The summed E-state index contributed by atoms with van der Waals surface area (Å²) in [6.07, 6.45) is 2.97. The molecule has 28 heavy (non-hydrogen) atoms. The smallest absolute Gasteiger partial charge is 0.328 e. The van der Waals surface area contributed by atoms with Gasteiger partial charge in [0, 0.05) is 46.6 Å². The number of carbonyl (C=O) groups is 1. The number of aromatic nitrogens is 2. The van der Waals surface area contributed by atoms with E-state index in [1.165, 1.54) is 0 Å². The predicted octanol–water partition coefficient (Wildman–Crippen LogP) is 1.09. The number of hydrogen-bond acceptors (Lipinski definition) is 5. The molecule has 2 atom stereocenters. The number of rotatable bonds is 4. The van der Waals surface area contributed by atoms with Crippen molar-refractivity contribution in [1.29, 1.82) is 0 Å². The number of likely N-dealkylation sites (tertiary alicyclic amines) is 1. The number of imidazole rings is 1. The molecule has 1 N–H and O–H groups in total. The van der Waals surface area contributed by atoms with Crippen LogP contribution in [0.3, 0.4) is 0 Å². The van der Waals surface area contributed by atoms with Crippen LogP contribution in [0.5, 0.6) is 0 Å². The lowest BCUT2D eigenvalue weighted by atomic mass is 9.87. The number of aryl methyl sites for hydroxylation is 2. The van der Waals surface area contributed by atoms with Gasteiger partial charge in [-0.15, -0.1) is 0 Å². The molecule has 0 unspecified atom stereocenters. The number of hydrogen-bond donors (Lipinski definition) is 1. The van der Waals surface area contributed by atoms with E-state index in [0.717, 1.165) is 43.4 Å². The van der Waals surface area contributed by atoms with E-state index in [-0.39, 0.29) is 23.3 Å². The molecule has 0 saturated carbocycles. The molecule has 1 aromatic carbocycles. The molecule has 0 aliphatic carbocycles. The van der Waals surface area contributed by atoms with Gasteiger partial charge in [0.2, 0.25) is 5.91 Å². The maximum Gasteiger partial charge on any atom is 0.328 e. The van der Waals surface area contributed by atoms with Crippen LogP contribution in [0.4, 0.5) is 5.69 Å². The number of ether oxygens (including phenoxy) is 2. The monoisotopic (exact) mass is 388 g/mol. The average Bonchev–Trinajstić information content (AvgIpc) is 3.22. The van der Waals surface area contributed by atoms with Crippen LogP contribution >= 0.6 is 0 Å². The molecule has 1 spiro atoms. The number of nitrogens with one attached hydrogen (secondary N) is 1. The summed E-state index contributed by atoms with van der Waals surface area (Å²) in [6.45, 7) is 2.59. The van der Waals surface area contributed by atoms with Gasteiger partial charge in [0.1, 0.15) is 5.60 Å². The van der Waals surface area contributed by atoms with E-state index in [2.05, 4.69) is 10.2 Å². The van der Waals surface area contributed by atoms with Crippen molar-refractivity contribution in [2.24, 2.45) is 14.1 Å². The number of nitrogens with zero attached hydrogens (tertiary/aromatic N) is 3. The molecule has 3 heterocycles. The zero-order valence-corrected chi connectivity index (χ0v) is 16.7. The molecular weight excluding hydrogens is 360 g/mol. The van der Waals surface area contributed by atoms with Gasteiger partial charge in [-0.3, -0.25) is 18.8 Å². The van der Waals surface area contributed by atoms with Crippen LogP contribution in [0.1, 0.15) is 19.3 Å². The minimum Gasteiger partial charge on any atom is -0.378 e. The second-order valence-corrected chi connectivity index (χ2v) is 7.89. The molecule has 8 heteroatoms. The van der Waals surface area contributed by atoms with E-state index in [1.807, 2.05) is 18.2 Å². The fraction of sp³-hybridized carbons (Fsp3) is 0.600. The fourth-order valence-electron chi connectivity index (χ4n) is 4.68. The van der Waals surface area contributed by atoms with Gasteiger partial charge in [-0.25, -0.2) is 4.79 Å². The number of fused-ring (bicyclic) bond motifs is 1. The zero-order chi connectivity index (χ0) is 19.9. The van der Waals surface area contributed by atoms with Crippen molar-refractivity contribution in [2.45, 2.75) is 31.0 Å². The molecular formula is C20H28N4O4. The van der Waals surface area contributed by atoms with Crippen LogP contribution in [0.2, 0.25) is 0 Å². The zero-order valence-electron chi connectivity index (χ0n) is 16.7. The summed E-state index contributed by atoms with van der Waals surface area (Å²) in [5, 5.41) is 2.96. The van der Waals surface area contributed by atoms with Gasteiger partial charge in [0.25, 0.3) is 0 Å². The molecule has 2 fully saturated rings. The van der Waals surface area contributed by atoms with E-state index >= 15 is 0 Å². The Morgan fingerprint density at radius 1 is 1.32 bits per heavy atom. The summed E-state index contributed by atoms with van der Waals surface area (Å²) in [5.74, 6) is -0.0655. The first kappa shape index (κ1) is 19.2. The standard InChI is InChI=1S/C20H28N4O4/c1-22-15-6-5-14(11-16(15)23(2)19(22)26)21-18(25)12-24-9-7-17(27-3)20(13-24)8-4-10-28-20/h5-6,11,17H,4,7-10,12-13H2,1-3H3,(H,21,25)/t17-,20-/m0/s1. The Labute approximate surface area is 164 Å². The maximum atomic E-state index is 12.6. The van der Waals surface area contributed by atoms with Crippen LogP contribution in [0.25, 0.3) is 11.0 Å². The van der Waals surface area contributed by atoms with Gasteiger partial charge in [-0.1, -0.05) is 0 Å². The van der Waals surface area contributed by atoms with Crippen LogP contribution in [0, 0.1) is 0 Å². The Morgan fingerprint density at radius 3 is 2.82 bits per heavy atom. The van der Waals surface area contributed by atoms with Gasteiger partial charge in [0.05, 0.1) is 23.7 Å². The lowest BCUT2D eigenvalue weighted by molar-refractivity contribution is -0.146. The van der Waals surface area contributed by atoms with Crippen LogP contribution in [0.15, 0.2) is 23.0 Å². The van der Waals surface area contributed by atoms with Crippen molar-refractivity contribution in [3.8, 4) is 0 Å². The van der Waals surface area contributed by atoms with E-state index in [1.54, 1.807) is 30.3 Å². The number of carbonyl (C=O) groups excluding carboxylic acids is 1. The molecule has 152 valence electrons. The topological polar surface area (TPSA) is 77.7 Å². The van der Waals surface area contributed by atoms with Gasteiger partial charge in [0.15, 0.2) is 0 Å². The third-order valence-electron chi connectivity index (χ3n) is 6.13. The normalized spacial score (nSPS) is 25.6. The Hall–Kier alpha value is -2.16. The fourth-order valence-corrected chi connectivity index (χ4v) is 4.68. The Bertz CT molecular complexity index is 942. The average molecular weight is 388 g/mol. The second kappa shape index (κ2) is 7.35. The summed E-state index contributed by atoms with van der Waals surface area (Å²) in [4.78, 5) is 26.8. The quantitative estimate of drug-likeness (QED) is 0.848. The molecule has 8 nitrogen and oxygen atoms in total. The summed E-state index contributed by atoms with van der Waals surface area (Å²) in [6, 6.07) is 5.53. The lowest BCUT2D eigenvalue weighted by Crippen LogP contribution is -2.58. The van der Waals surface area contributed by atoms with Crippen LogP contribution < -0.4 is 11.0 Å². The highest BCUT2D eigenvalue weighted by Crippen LogP contribution is 2.36. The van der Waals surface area contributed by atoms with Crippen molar-refractivity contribution in [2.75, 3.05) is 38.7 Å². The molecule has 2 saturated heterocycles. The van der Waals surface area contributed by atoms with Crippen molar-refractivity contribution in [1.82, 2.24) is 14.0 Å². The maximum absolute atomic E-state index is 12.6. The molecule has 2 aliphatic rings. The first-order chi connectivity index (χ1) is 13.4. The van der Waals surface area contributed by atoms with Crippen molar-refractivity contribution in [3.63, 3.8) is 0 Å². The highest BCUT2D eigenvalue weighted by molar-refractivity contribution is 5.94. The minimum atomic E-state index is -0.283. The van der Waals surface area contributed by atoms with Gasteiger partial charge in [-0.2, -0.15) is 0 Å². The predicted molar refractivity (Wildman–Crippen MR) is 107 cm³/mol. The number of amides is 1. The molecule has 4 rings (SSSR count). The van der Waals surface area contributed by atoms with Crippen LogP contribution in [-0.2, 0) is 28.4 Å². The van der Waals surface area contributed by atoms with Crippen molar-refractivity contribution in [3.05, 3.63) is 28.7 Å². The molecule has 2 aromatic rings. The molecule has 1 aromatic heterocycles. The van der Waals surface area contributed by atoms with Gasteiger partial charge >= 0.3 is 5.69 Å². The SMILES string of the molecule is CO[C@H]1CCN(CC(=O)Nc2ccc3c(c2)n(C)c(=O)n3C)C[C@@]12CCCO2. The molecule has 0 bridgehead atoms. The van der Waals surface area contributed by atoms with E-state index in [4.69, 9.17) is 9.47 Å². The Kier molecular flexibility index (Phi) is 5.03. The lowest BCUT2D eigenvalue weighted by Gasteiger charge is -2.44. The van der Waals surface area contributed by atoms with E-state index < -0.39 is 0 Å². The Morgan fingerprint density at radius 2 is 2.11 bits per heavy atom. The molecule has 2 aliphatic heterocycles. The molecule has 1 amide bonds. The van der Waals surface area contributed by atoms with E-state index in [9.17, 15) is 9.59 Å². The third kappa shape index (κ3) is 3.25. The minimum absolute atomic E-state index is 0.0655. The Balaban J connectivity index is 1.44. The first-order valence-corrected chi connectivity index (χ1v) is 9.78. The van der Waals surface area contributed by atoms with Gasteiger partial charge < -0.3 is 14.8 Å². The molecule has 0 radical (unpaired) electrons. The summed E-state index contributed by atoms with van der Waals surface area (Å²) >= 11 is 0. The summed E-state index contributed by atoms with van der Waals surface area (Å²) < 4.78 is 14.9. The second-order valence-electron chi connectivity index (χ2n) is 7.89. The summed E-state index contributed by atoms with van der Waals surface area (Å²) in [7, 11) is 5.22. The van der Waals surface area contributed by atoms with Crippen molar-refractivity contribution >= 4 is 22.6 Å². The van der Waals surface area contributed by atoms with E-state index in [0.29, 0.717) is 18.8 Å². The largest absolute Gasteiger partial charge is 0.378 e. The third-order valence-corrected chi connectivity index (χ3v) is 6.13. The summed E-state index contributed by atoms with van der Waals surface area (Å²) in [5.41, 5.74) is 1.96. The number of anilines is 1. The highest BCUT2D eigenvalue weighted by atomic mass is 16.6. The highest BCUT2D eigenvalue weighted by Gasteiger charge is 2.47.